The average Bonchev–Trinajstić information content (AvgIpc) is 3.21. The van der Waals surface area contributed by atoms with Gasteiger partial charge in [0.15, 0.2) is 0 Å². The standard InChI is InChI=1S/C22H20FN3O3/c1-14-11-17(25-9-2-3-10-25)8-7-15(14)12-19-20(27)24-22(29)26(21(19)28)18-6-4-5-16(23)13-18/h4-8,11-13H,2-3,9-10H2,1H3,(H,24,27,29)/b19-12+. The molecule has 0 saturated carbocycles. The van der Waals surface area contributed by atoms with E-state index in [4.69, 9.17) is 0 Å². The lowest BCUT2D eigenvalue weighted by atomic mass is 10.0. The summed E-state index contributed by atoms with van der Waals surface area (Å²) in [5.74, 6) is -2.14. The largest absolute Gasteiger partial charge is 0.372 e. The number of hydrogen-bond acceptors (Lipinski definition) is 4. The van der Waals surface area contributed by atoms with Crippen molar-refractivity contribution in [3.8, 4) is 0 Å². The fraction of sp³-hybridized carbons (Fsp3) is 0.227. The average molecular weight is 393 g/mol. The van der Waals surface area contributed by atoms with Crippen LogP contribution >= 0.6 is 0 Å². The Balaban J connectivity index is 1.67. The number of benzene rings is 2. The minimum absolute atomic E-state index is 0.0620. The van der Waals surface area contributed by atoms with Crippen molar-refractivity contribution < 1.29 is 18.8 Å². The number of urea groups is 1. The number of hydrogen-bond donors (Lipinski definition) is 1. The Bertz CT molecular complexity index is 1040. The topological polar surface area (TPSA) is 69.7 Å². The lowest BCUT2D eigenvalue weighted by molar-refractivity contribution is -0.122. The number of imide groups is 2. The van der Waals surface area contributed by atoms with E-state index < -0.39 is 23.7 Å². The van der Waals surface area contributed by atoms with Gasteiger partial charge in [-0.1, -0.05) is 12.1 Å². The summed E-state index contributed by atoms with van der Waals surface area (Å²) in [7, 11) is 0. The number of halogens is 1. The van der Waals surface area contributed by atoms with Crippen LogP contribution in [0.2, 0.25) is 0 Å². The van der Waals surface area contributed by atoms with E-state index >= 15 is 0 Å². The van der Waals surface area contributed by atoms with Gasteiger partial charge in [0.2, 0.25) is 0 Å². The summed E-state index contributed by atoms with van der Waals surface area (Å²) in [6, 6.07) is 10.1. The Kier molecular flexibility index (Phi) is 4.88. The molecule has 29 heavy (non-hydrogen) atoms. The molecule has 2 aliphatic heterocycles. The molecule has 1 N–H and O–H groups in total. The van der Waals surface area contributed by atoms with Crippen LogP contribution in [-0.4, -0.2) is 30.9 Å². The van der Waals surface area contributed by atoms with Gasteiger partial charge in [-0.15, -0.1) is 0 Å². The number of aryl methyl sites for hydroxylation is 1. The van der Waals surface area contributed by atoms with Crippen LogP contribution in [0.5, 0.6) is 0 Å². The summed E-state index contributed by atoms with van der Waals surface area (Å²) in [5, 5.41) is 2.15. The third-order valence-corrected chi connectivity index (χ3v) is 5.19. The Labute approximate surface area is 167 Å². The van der Waals surface area contributed by atoms with Crippen molar-refractivity contribution in [1.29, 1.82) is 0 Å². The van der Waals surface area contributed by atoms with E-state index in [-0.39, 0.29) is 11.3 Å². The highest BCUT2D eigenvalue weighted by Crippen LogP contribution is 2.26. The molecule has 0 bridgehead atoms. The predicted octanol–water partition coefficient (Wildman–Crippen LogP) is 3.40. The number of amides is 4. The summed E-state index contributed by atoms with van der Waals surface area (Å²) in [4.78, 5) is 40.5. The van der Waals surface area contributed by atoms with Crippen molar-refractivity contribution >= 4 is 35.3 Å². The third kappa shape index (κ3) is 3.63. The van der Waals surface area contributed by atoms with Crippen molar-refractivity contribution in [2.45, 2.75) is 19.8 Å². The first kappa shape index (κ1) is 18.9. The first-order valence-electron chi connectivity index (χ1n) is 9.46. The summed E-state index contributed by atoms with van der Waals surface area (Å²) < 4.78 is 13.6. The van der Waals surface area contributed by atoms with Gasteiger partial charge in [-0.2, -0.15) is 0 Å². The summed E-state index contributed by atoms with van der Waals surface area (Å²) in [5.41, 5.74) is 2.62. The molecular weight excluding hydrogens is 373 g/mol. The van der Waals surface area contributed by atoms with Gasteiger partial charge in [0.05, 0.1) is 5.69 Å². The molecule has 2 aromatic rings. The second kappa shape index (κ2) is 7.50. The molecular formula is C22H20FN3O3. The molecule has 0 aliphatic carbocycles. The molecule has 2 aliphatic rings. The molecule has 2 fully saturated rings. The molecule has 6 nitrogen and oxygen atoms in total. The molecule has 0 unspecified atom stereocenters. The molecule has 4 amide bonds. The highest BCUT2D eigenvalue weighted by atomic mass is 19.1. The zero-order chi connectivity index (χ0) is 20.5. The van der Waals surface area contributed by atoms with Crippen LogP contribution in [0.25, 0.3) is 6.08 Å². The number of rotatable bonds is 3. The van der Waals surface area contributed by atoms with Gasteiger partial charge >= 0.3 is 6.03 Å². The lowest BCUT2D eigenvalue weighted by Gasteiger charge is -2.26. The predicted molar refractivity (Wildman–Crippen MR) is 108 cm³/mol. The van der Waals surface area contributed by atoms with Gasteiger partial charge in [-0.05, 0) is 67.3 Å². The van der Waals surface area contributed by atoms with Crippen molar-refractivity contribution in [2.24, 2.45) is 0 Å². The maximum Gasteiger partial charge on any atom is 0.335 e. The summed E-state index contributed by atoms with van der Waals surface area (Å²) in [6.45, 7) is 3.95. The van der Waals surface area contributed by atoms with Crippen molar-refractivity contribution in [3.05, 3.63) is 65.0 Å². The van der Waals surface area contributed by atoms with E-state index in [2.05, 4.69) is 10.2 Å². The second-order valence-corrected chi connectivity index (χ2v) is 7.17. The smallest absolute Gasteiger partial charge is 0.335 e. The Morgan fingerprint density at radius 1 is 1.00 bits per heavy atom. The second-order valence-electron chi connectivity index (χ2n) is 7.17. The number of carbonyl (C=O) groups excluding carboxylic acids is 3. The van der Waals surface area contributed by atoms with Crippen LogP contribution in [0, 0.1) is 12.7 Å². The lowest BCUT2D eigenvalue weighted by Crippen LogP contribution is -2.54. The minimum Gasteiger partial charge on any atom is -0.372 e. The third-order valence-electron chi connectivity index (χ3n) is 5.19. The maximum atomic E-state index is 13.6. The van der Waals surface area contributed by atoms with Crippen LogP contribution in [-0.2, 0) is 9.59 Å². The van der Waals surface area contributed by atoms with E-state index in [0.717, 1.165) is 35.3 Å². The quantitative estimate of drug-likeness (QED) is 0.641. The van der Waals surface area contributed by atoms with Gasteiger partial charge in [-0.25, -0.2) is 14.1 Å². The van der Waals surface area contributed by atoms with Crippen molar-refractivity contribution in [2.75, 3.05) is 22.9 Å². The van der Waals surface area contributed by atoms with Crippen LogP contribution in [0.15, 0.2) is 48.0 Å². The highest BCUT2D eigenvalue weighted by Gasteiger charge is 2.37. The van der Waals surface area contributed by atoms with Crippen molar-refractivity contribution in [1.82, 2.24) is 5.32 Å². The molecule has 0 radical (unpaired) electrons. The molecule has 2 aromatic carbocycles. The monoisotopic (exact) mass is 393 g/mol. The summed E-state index contributed by atoms with van der Waals surface area (Å²) in [6.07, 6.45) is 3.81. The first-order valence-corrected chi connectivity index (χ1v) is 9.46. The van der Waals surface area contributed by atoms with Gasteiger partial charge < -0.3 is 4.90 Å². The highest BCUT2D eigenvalue weighted by molar-refractivity contribution is 6.39. The van der Waals surface area contributed by atoms with E-state index in [1.807, 2.05) is 25.1 Å². The number of nitrogens with zero attached hydrogens (tertiary/aromatic N) is 2. The van der Waals surface area contributed by atoms with Gasteiger partial charge in [0, 0.05) is 18.8 Å². The van der Waals surface area contributed by atoms with Gasteiger partial charge in [0.25, 0.3) is 11.8 Å². The normalized spacial score (nSPS) is 18.6. The molecule has 0 spiro atoms. The van der Waals surface area contributed by atoms with Crippen LogP contribution in [0.4, 0.5) is 20.6 Å². The van der Waals surface area contributed by atoms with E-state index in [9.17, 15) is 18.8 Å². The fourth-order valence-electron chi connectivity index (χ4n) is 3.66. The number of barbiturate groups is 1. The zero-order valence-corrected chi connectivity index (χ0v) is 15.9. The summed E-state index contributed by atoms with van der Waals surface area (Å²) >= 11 is 0. The van der Waals surface area contributed by atoms with E-state index in [0.29, 0.717) is 5.56 Å². The molecule has 0 aromatic heterocycles. The van der Waals surface area contributed by atoms with Crippen LogP contribution in [0.1, 0.15) is 24.0 Å². The van der Waals surface area contributed by atoms with Gasteiger partial charge in [0.1, 0.15) is 11.4 Å². The Morgan fingerprint density at radius 2 is 1.76 bits per heavy atom. The number of anilines is 2. The van der Waals surface area contributed by atoms with E-state index in [1.54, 1.807) is 0 Å². The molecule has 2 saturated heterocycles. The van der Waals surface area contributed by atoms with Crippen molar-refractivity contribution in [3.63, 3.8) is 0 Å². The number of nitrogens with one attached hydrogen (secondary N) is 1. The Hall–Kier alpha value is -3.48. The van der Waals surface area contributed by atoms with Crippen LogP contribution < -0.4 is 15.1 Å². The Morgan fingerprint density at radius 3 is 2.45 bits per heavy atom. The van der Waals surface area contributed by atoms with E-state index in [1.165, 1.54) is 37.1 Å². The number of carbonyl (C=O) groups is 3. The SMILES string of the molecule is Cc1cc(N2CCCC2)ccc1/C=C1\C(=O)NC(=O)N(c2cccc(F)c2)C1=O. The zero-order valence-electron chi connectivity index (χ0n) is 15.9. The first-order chi connectivity index (χ1) is 13.9. The fourth-order valence-corrected chi connectivity index (χ4v) is 3.66. The minimum atomic E-state index is -0.899. The molecule has 2 heterocycles. The molecule has 7 heteroatoms. The molecule has 148 valence electrons. The maximum absolute atomic E-state index is 13.6. The van der Waals surface area contributed by atoms with Crippen LogP contribution in [0.3, 0.4) is 0 Å². The molecule has 4 rings (SSSR count). The molecule has 0 atom stereocenters. The van der Waals surface area contributed by atoms with Gasteiger partial charge in [-0.3, -0.25) is 14.9 Å².